The van der Waals surface area contributed by atoms with Gasteiger partial charge < -0.3 is 9.80 Å². The van der Waals surface area contributed by atoms with Crippen molar-refractivity contribution in [2.75, 3.05) is 45.8 Å². The zero-order valence-electron chi connectivity index (χ0n) is 16.6. The minimum atomic E-state index is -3.50. The molecule has 3 rings (SSSR count). The molecule has 0 radical (unpaired) electrons. The van der Waals surface area contributed by atoms with Crippen molar-refractivity contribution in [2.45, 2.75) is 32.1 Å². The lowest BCUT2D eigenvalue weighted by Gasteiger charge is -2.34. The molecule has 1 aromatic rings. The van der Waals surface area contributed by atoms with E-state index < -0.39 is 10.0 Å². The van der Waals surface area contributed by atoms with Crippen LogP contribution in [0.3, 0.4) is 0 Å². The summed E-state index contributed by atoms with van der Waals surface area (Å²) in [7, 11) is -3.50. The summed E-state index contributed by atoms with van der Waals surface area (Å²) in [6.07, 6.45) is 1.06. The van der Waals surface area contributed by atoms with Gasteiger partial charge in [-0.15, -0.1) is 0 Å². The summed E-state index contributed by atoms with van der Waals surface area (Å²) < 4.78 is 27.5. The summed E-state index contributed by atoms with van der Waals surface area (Å²) in [5.41, 5.74) is 0.555. The Kier molecular flexibility index (Phi) is 6.23. The number of sulfonamides is 1. The molecule has 2 saturated heterocycles. The highest BCUT2D eigenvalue weighted by Gasteiger charge is 2.32. The van der Waals surface area contributed by atoms with Gasteiger partial charge in [0.25, 0.3) is 5.91 Å². The molecule has 2 atom stereocenters. The van der Waals surface area contributed by atoms with Crippen molar-refractivity contribution >= 4 is 15.9 Å². The van der Waals surface area contributed by atoms with Crippen LogP contribution in [0.4, 0.5) is 0 Å². The molecule has 7 heteroatoms. The van der Waals surface area contributed by atoms with Crippen molar-refractivity contribution in [3.63, 3.8) is 0 Å². The molecule has 0 bridgehead atoms. The Bertz CT molecular complexity index is 745. The number of hydrogen-bond acceptors (Lipinski definition) is 4. The molecule has 1 aromatic carbocycles. The van der Waals surface area contributed by atoms with Crippen LogP contribution < -0.4 is 0 Å². The first-order valence-electron chi connectivity index (χ1n) is 9.93. The van der Waals surface area contributed by atoms with Crippen molar-refractivity contribution in [1.82, 2.24) is 14.1 Å². The van der Waals surface area contributed by atoms with E-state index in [-0.39, 0.29) is 10.8 Å². The third-order valence-electron chi connectivity index (χ3n) is 5.68. The van der Waals surface area contributed by atoms with E-state index in [1.165, 1.54) is 0 Å². The van der Waals surface area contributed by atoms with Gasteiger partial charge in [-0.2, -0.15) is 4.31 Å². The zero-order chi connectivity index (χ0) is 19.6. The molecule has 27 heavy (non-hydrogen) atoms. The fourth-order valence-electron chi connectivity index (χ4n) is 4.17. The molecule has 0 saturated carbocycles. The Labute approximate surface area is 163 Å². The highest BCUT2D eigenvalue weighted by Crippen LogP contribution is 2.27. The molecule has 2 aliphatic heterocycles. The van der Waals surface area contributed by atoms with E-state index in [1.54, 1.807) is 28.6 Å². The van der Waals surface area contributed by atoms with E-state index in [4.69, 9.17) is 0 Å². The minimum absolute atomic E-state index is 0.0186. The molecule has 2 heterocycles. The van der Waals surface area contributed by atoms with Gasteiger partial charge in [-0.05, 0) is 49.1 Å². The van der Waals surface area contributed by atoms with Gasteiger partial charge in [0.05, 0.1) is 4.90 Å². The fourth-order valence-corrected chi connectivity index (χ4v) is 5.85. The quantitative estimate of drug-likeness (QED) is 0.786. The Hall–Kier alpha value is -1.44. The smallest absolute Gasteiger partial charge is 0.253 e. The molecular weight excluding hydrogens is 362 g/mol. The Morgan fingerprint density at radius 3 is 2.07 bits per heavy atom. The second kappa shape index (κ2) is 8.29. The number of piperazine rings is 1. The maximum atomic E-state index is 13.0. The fraction of sp³-hybridized carbons (Fsp3) is 0.650. The van der Waals surface area contributed by atoms with Gasteiger partial charge in [0.1, 0.15) is 0 Å². The first kappa shape index (κ1) is 20.3. The standard InChI is InChI=1S/C20H31N3O3S/c1-4-21-9-11-22(12-10-21)20(24)18-5-7-19(8-6-18)27(25,26)23-14-16(2)13-17(3)15-23/h5-8,16-17H,4,9-15H2,1-3H3/t16-,17-/m0/s1. The third-order valence-corrected chi connectivity index (χ3v) is 7.53. The number of rotatable bonds is 4. The molecule has 0 unspecified atom stereocenters. The van der Waals surface area contributed by atoms with Gasteiger partial charge in [-0.1, -0.05) is 20.8 Å². The second-order valence-electron chi connectivity index (χ2n) is 8.02. The van der Waals surface area contributed by atoms with Crippen LogP contribution in [0.25, 0.3) is 0 Å². The molecule has 2 fully saturated rings. The summed E-state index contributed by atoms with van der Waals surface area (Å²) in [6.45, 7) is 11.7. The SMILES string of the molecule is CCN1CCN(C(=O)c2ccc(S(=O)(=O)N3C[C@@H](C)C[C@H](C)C3)cc2)CC1. The summed E-state index contributed by atoms with van der Waals surface area (Å²) in [5, 5.41) is 0. The van der Waals surface area contributed by atoms with E-state index in [0.717, 1.165) is 39.1 Å². The molecule has 6 nitrogen and oxygen atoms in total. The molecule has 1 amide bonds. The number of piperidine rings is 1. The predicted molar refractivity (Wildman–Crippen MR) is 106 cm³/mol. The maximum absolute atomic E-state index is 13.0. The summed E-state index contributed by atoms with van der Waals surface area (Å²) in [5.74, 6) is 0.715. The molecule has 2 aliphatic rings. The first-order chi connectivity index (χ1) is 12.8. The van der Waals surface area contributed by atoms with Crippen LogP contribution in [-0.4, -0.2) is 74.2 Å². The lowest BCUT2D eigenvalue weighted by atomic mass is 9.94. The lowest BCUT2D eigenvalue weighted by Crippen LogP contribution is -2.48. The van der Waals surface area contributed by atoms with Crippen molar-refractivity contribution in [3.05, 3.63) is 29.8 Å². The Balaban J connectivity index is 1.70. The number of carbonyl (C=O) groups excluding carboxylic acids is 1. The zero-order valence-corrected chi connectivity index (χ0v) is 17.4. The summed E-state index contributed by atoms with van der Waals surface area (Å²) >= 11 is 0. The number of amides is 1. The van der Waals surface area contributed by atoms with Crippen LogP contribution in [0, 0.1) is 11.8 Å². The monoisotopic (exact) mass is 393 g/mol. The van der Waals surface area contributed by atoms with Crippen LogP contribution in [0.1, 0.15) is 37.6 Å². The normalized spacial score (nSPS) is 25.5. The Morgan fingerprint density at radius 2 is 1.56 bits per heavy atom. The second-order valence-corrected chi connectivity index (χ2v) is 9.96. The molecule has 0 aliphatic carbocycles. The highest BCUT2D eigenvalue weighted by molar-refractivity contribution is 7.89. The van der Waals surface area contributed by atoms with Crippen molar-refractivity contribution in [2.24, 2.45) is 11.8 Å². The van der Waals surface area contributed by atoms with E-state index in [9.17, 15) is 13.2 Å². The van der Waals surface area contributed by atoms with Crippen LogP contribution in [0.15, 0.2) is 29.2 Å². The number of nitrogens with zero attached hydrogens (tertiary/aromatic N) is 3. The van der Waals surface area contributed by atoms with Gasteiger partial charge in [-0.3, -0.25) is 4.79 Å². The topological polar surface area (TPSA) is 60.9 Å². The van der Waals surface area contributed by atoms with E-state index in [0.29, 0.717) is 30.5 Å². The number of hydrogen-bond donors (Lipinski definition) is 0. The number of likely N-dealkylation sites (N-methyl/N-ethyl adjacent to an activating group) is 1. The molecular formula is C20H31N3O3S. The molecule has 0 spiro atoms. The van der Waals surface area contributed by atoms with Gasteiger partial charge in [0, 0.05) is 44.8 Å². The number of carbonyl (C=O) groups is 1. The predicted octanol–water partition coefficient (Wildman–Crippen LogP) is 2.13. The molecule has 0 N–H and O–H groups in total. The average molecular weight is 394 g/mol. The van der Waals surface area contributed by atoms with Crippen LogP contribution in [0.5, 0.6) is 0 Å². The first-order valence-corrected chi connectivity index (χ1v) is 11.4. The third kappa shape index (κ3) is 4.52. The van der Waals surface area contributed by atoms with E-state index in [1.807, 2.05) is 4.90 Å². The summed E-state index contributed by atoms with van der Waals surface area (Å²) in [6, 6.07) is 6.46. The Morgan fingerprint density at radius 1 is 1.00 bits per heavy atom. The molecule has 0 aromatic heterocycles. The lowest BCUT2D eigenvalue weighted by molar-refractivity contribution is 0.0643. The number of benzene rings is 1. The molecule has 150 valence electrons. The van der Waals surface area contributed by atoms with Crippen molar-refractivity contribution < 1.29 is 13.2 Å². The van der Waals surface area contributed by atoms with Crippen molar-refractivity contribution in [1.29, 1.82) is 0 Å². The largest absolute Gasteiger partial charge is 0.336 e. The van der Waals surface area contributed by atoms with Gasteiger partial charge in [0.2, 0.25) is 10.0 Å². The van der Waals surface area contributed by atoms with Gasteiger partial charge in [-0.25, -0.2) is 8.42 Å². The maximum Gasteiger partial charge on any atom is 0.253 e. The highest BCUT2D eigenvalue weighted by atomic mass is 32.2. The minimum Gasteiger partial charge on any atom is -0.336 e. The van der Waals surface area contributed by atoms with Crippen LogP contribution in [-0.2, 0) is 10.0 Å². The van der Waals surface area contributed by atoms with Gasteiger partial charge in [0.15, 0.2) is 0 Å². The van der Waals surface area contributed by atoms with E-state index in [2.05, 4.69) is 25.7 Å². The van der Waals surface area contributed by atoms with Gasteiger partial charge >= 0.3 is 0 Å². The van der Waals surface area contributed by atoms with Crippen molar-refractivity contribution in [3.8, 4) is 0 Å². The van der Waals surface area contributed by atoms with Crippen LogP contribution >= 0.6 is 0 Å². The van der Waals surface area contributed by atoms with E-state index >= 15 is 0 Å². The van der Waals surface area contributed by atoms with Crippen LogP contribution in [0.2, 0.25) is 0 Å². The average Bonchev–Trinajstić information content (AvgIpc) is 2.67. The summed E-state index contributed by atoms with van der Waals surface area (Å²) in [4.78, 5) is 17.1.